The number of hydrogen-bond donors (Lipinski definition) is 1. The van der Waals surface area contributed by atoms with Crippen molar-refractivity contribution in [3.8, 4) is 5.69 Å². The Labute approximate surface area is 73.8 Å². The Hall–Kier alpha value is -1.91. The molecule has 0 radical (unpaired) electrons. The van der Waals surface area contributed by atoms with Crippen LogP contribution in [0.15, 0.2) is 30.9 Å². The molecule has 0 aliphatic heterocycles. The average Bonchev–Trinajstić information content (AvgIpc) is 2.62. The van der Waals surface area contributed by atoms with Gasteiger partial charge in [-0.15, -0.1) is 10.2 Å². The SMILES string of the molecule is Nc1cc(-n2cnnc2)ccc1F. The highest BCUT2D eigenvalue weighted by Crippen LogP contribution is 2.14. The van der Waals surface area contributed by atoms with Gasteiger partial charge in [-0.1, -0.05) is 0 Å². The summed E-state index contributed by atoms with van der Waals surface area (Å²) in [4.78, 5) is 0. The lowest BCUT2D eigenvalue weighted by Gasteiger charge is -2.02. The number of aromatic nitrogens is 3. The molecule has 0 atom stereocenters. The monoisotopic (exact) mass is 178 g/mol. The molecule has 1 heterocycles. The first-order valence-corrected chi connectivity index (χ1v) is 3.67. The molecule has 0 spiro atoms. The standard InChI is InChI=1S/C8H7FN4/c9-7-2-1-6(3-8(7)10)13-4-11-12-5-13/h1-5H,10H2. The molecule has 0 bridgehead atoms. The minimum atomic E-state index is -0.420. The Morgan fingerprint density at radius 3 is 2.54 bits per heavy atom. The van der Waals surface area contributed by atoms with Crippen LogP contribution in [0.5, 0.6) is 0 Å². The Morgan fingerprint density at radius 2 is 1.92 bits per heavy atom. The van der Waals surface area contributed by atoms with Crippen LogP contribution in [0.3, 0.4) is 0 Å². The number of nitrogen functional groups attached to an aromatic ring is 1. The molecule has 0 fully saturated rings. The van der Waals surface area contributed by atoms with E-state index in [1.165, 1.54) is 24.8 Å². The summed E-state index contributed by atoms with van der Waals surface area (Å²) in [5.41, 5.74) is 6.25. The fourth-order valence-corrected chi connectivity index (χ4v) is 1.03. The summed E-state index contributed by atoms with van der Waals surface area (Å²) in [5, 5.41) is 7.26. The molecule has 0 amide bonds. The molecule has 4 nitrogen and oxygen atoms in total. The number of anilines is 1. The molecule has 0 aliphatic carbocycles. The van der Waals surface area contributed by atoms with Gasteiger partial charge in [0.25, 0.3) is 0 Å². The lowest BCUT2D eigenvalue weighted by molar-refractivity contribution is 0.632. The Kier molecular flexibility index (Phi) is 1.70. The zero-order chi connectivity index (χ0) is 9.26. The first-order valence-electron chi connectivity index (χ1n) is 3.67. The molecule has 0 saturated heterocycles. The van der Waals surface area contributed by atoms with E-state index in [1.807, 2.05) is 0 Å². The summed E-state index contributed by atoms with van der Waals surface area (Å²) < 4.78 is 14.4. The van der Waals surface area contributed by atoms with Crippen molar-refractivity contribution in [1.82, 2.24) is 14.8 Å². The fraction of sp³-hybridized carbons (Fsp3) is 0. The van der Waals surface area contributed by atoms with E-state index in [0.717, 1.165) is 5.69 Å². The van der Waals surface area contributed by atoms with Gasteiger partial charge in [-0.3, -0.25) is 4.57 Å². The quantitative estimate of drug-likeness (QED) is 0.662. The van der Waals surface area contributed by atoms with Crippen molar-refractivity contribution >= 4 is 5.69 Å². The van der Waals surface area contributed by atoms with Crippen molar-refractivity contribution in [2.24, 2.45) is 0 Å². The van der Waals surface area contributed by atoms with E-state index in [4.69, 9.17) is 5.73 Å². The molecule has 0 saturated carbocycles. The van der Waals surface area contributed by atoms with Gasteiger partial charge in [-0.2, -0.15) is 0 Å². The molecule has 2 aromatic rings. The van der Waals surface area contributed by atoms with E-state index in [0.29, 0.717) is 0 Å². The number of nitrogens with two attached hydrogens (primary N) is 1. The largest absolute Gasteiger partial charge is 0.396 e. The minimum Gasteiger partial charge on any atom is -0.396 e. The number of nitrogens with zero attached hydrogens (tertiary/aromatic N) is 3. The maximum absolute atomic E-state index is 12.8. The van der Waals surface area contributed by atoms with Gasteiger partial charge in [0.2, 0.25) is 0 Å². The van der Waals surface area contributed by atoms with Gasteiger partial charge in [0, 0.05) is 0 Å². The van der Waals surface area contributed by atoms with Gasteiger partial charge in [0.15, 0.2) is 0 Å². The molecule has 2 N–H and O–H groups in total. The van der Waals surface area contributed by atoms with Gasteiger partial charge >= 0.3 is 0 Å². The molecule has 2 rings (SSSR count). The highest BCUT2D eigenvalue weighted by atomic mass is 19.1. The van der Waals surface area contributed by atoms with E-state index in [2.05, 4.69) is 10.2 Å². The predicted molar refractivity (Wildman–Crippen MR) is 45.7 cm³/mol. The van der Waals surface area contributed by atoms with Crippen molar-refractivity contribution in [3.63, 3.8) is 0 Å². The van der Waals surface area contributed by atoms with Crippen LogP contribution in [0.1, 0.15) is 0 Å². The van der Waals surface area contributed by atoms with E-state index >= 15 is 0 Å². The Bertz CT molecular complexity index is 410. The second kappa shape index (κ2) is 2.85. The molecule has 1 aromatic carbocycles. The van der Waals surface area contributed by atoms with Gasteiger partial charge in [0.1, 0.15) is 18.5 Å². The van der Waals surface area contributed by atoms with Gasteiger partial charge < -0.3 is 5.73 Å². The third-order valence-electron chi connectivity index (χ3n) is 1.70. The topological polar surface area (TPSA) is 56.7 Å². The van der Waals surface area contributed by atoms with Crippen molar-refractivity contribution in [2.45, 2.75) is 0 Å². The summed E-state index contributed by atoms with van der Waals surface area (Å²) in [6.45, 7) is 0. The molecule has 1 aromatic heterocycles. The van der Waals surface area contributed by atoms with Crippen molar-refractivity contribution in [2.75, 3.05) is 5.73 Å². The van der Waals surface area contributed by atoms with Crippen molar-refractivity contribution in [3.05, 3.63) is 36.7 Å². The van der Waals surface area contributed by atoms with Crippen molar-refractivity contribution in [1.29, 1.82) is 0 Å². The fourth-order valence-electron chi connectivity index (χ4n) is 1.03. The summed E-state index contributed by atoms with van der Waals surface area (Å²) in [7, 11) is 0. The lowest BCUT2D eigenvalue weighted by atomic mass is 10.2. The van der Waals surface area contributed by atoms with Crippen LogP contribution in [0.2, 0.25) is 0 Å². The van der Waals surface area contributed by atoms with E-state index in [1.54, 1.807) is 10.6 Å². The van der Waals surface area contributed by atoms with Crippen LogP contribution in [0.25, 0.3) is 5.69 Å². The predicted octanol–water partition coefficient (Wildman–Crippen LogP) is 0.989. The molecule has 0 aliphatic rings. The van der Waals surface area contributed by atoms with Crippen LogP contribution in [-0.4, -0.2) is 14.8 Å². The maximum atomic E-state index is 12.8. The smallest absolute Gasteiger partial charge is 0.146 e. The van der Waals surface area contributed by atoms with Gasteiger partial charge in [-0.25, -0.2) is 4.39 Å². The number of hydrogen-bond acceptors (Lipinski definition) is 3. The third-order valence-corrected chi connectivity index (χ3v) is 1.70. The lowest BCUT2D eigenvalue weighted by Crippen LogP contribution is -1.95. The maximum Gasteiger partial charge on any atom is 0.146 e. The summed E-state index contributed by atoms with van der Waals surface area (Å²) in [5.74, 6) is -0.420. The highest BCUT2D eigenvalue weighted by molar-refractivity contribution is 5.48. The zero-order valence-corrected chi connectivity index (χ0v) is 6.68. The Morgan fingerprint density at radius 1 is 1.23 bits per heavy atom. The first kappa shape index (κ1) is 7.72. The Balaban J connectivity index is 2.49. The highest BCUT2D eigenvalue weighted by Gasteiger charge is 2.00. The zero-order valence-electron chi connectivity index (χ0n) is 6.68. The van der Waals surface area contributed by atoms with E-state index in [9.17, 15) is 4.39 Å². The third kappa shape index (κ3) is 1.35. The molecule has 66 valence electrons. The second-order valence-electron chi connectivity index (χ2n) is 2.57. The van der Waals surface area contributed by atoms with Crippen LogP contribution < -0.4 is 5.73 Å². The average molecular weight is 178 g/mol. The number of benzene rings is 1. The van der Waals surface area contributed by atoms with Crippen LogP contribution >= 0.6 is 0 Å². The van der Waals surface area contributed by atoms with Crippen molar-refractivity contribution < 1.29 is 4.39 Å². The van der Waals surface area contributed by atoms with Crippen LogP contribution in [0.4, 0.5) is 10.1 Å². The first-order chi connectivity index (χ1) is 6.27. The normalized spacial score (nSPS) is 10.2. The summed E-state index contributed by atoms with van der Waals surface area (Å²) >= 11 is 0. The molecule has 13 heavy (non-hydrogen) atoms. The molecule has 5 heteroatoms. The van der Waals surface area contributed by atoms with Gasteiger partial charge in [-0.05, 0) is 18.2 Å². The molecular weight excluding hydrogens is 171 g/mol. The molecule has 0 unspecified atom stereocenters. The number of rotatable bonds is 1. The van der Waals surface area contributed by atoms with Crippen LogP contribution in [-0.2, 0) is 0 Å². The number of halogens is 1. The van der Waals surface area contributed by atoms with E-state index in [-0.39, 0.29) is 5.69 Å². The van der Waals surface area contributed by atoms with Crippen LogP contribution in [0, 0.1) is 5.82 Å². The summed E-state index contributed by atoms with van der Waals surface area (Å²) in [6.07, 6.45) is 3.04. The molecular formula is C8H7FN4. The van der Waals surface area contributed by atoms with E-state index < -0.39 is 5.82 Å². The second-order valence-corrected chi connectivity index (χ2v) is 2.57. The van der Waals surface area contributed by atoms with Gasteiger partial charge in [0.05, 0.1) is 11.4 Å². The minimum absolute atomic E-state index is 0.117. The summed E-state index contributed by atoms with van der Waals surface area (Å²) in [6, 6.07) is 4.44.